The largest absolute Gasteiger partial charge is 0.504 e. The van der Waals surface area contributed by atoms with Crippen molar-refractivity contribution in [3.63, 3.8) is 0 Å². The number of aliphatic hydroxyl groups is 2. The normalized spacial score (nSPS) is 23.6. The third kappa shape index (κ3) is 6.36. The van der Waals surface area contributed by atoms with Crippen LogP contribution in [0.4, 0.5) is 0 Å². The predicted molar refractivity (Wildman–Crippen MR) is 171 cm³/mol. The monoisotopic (exact) mass is 720 g/mol. The maximum atomic E-state index is 14.0. The van der Waals surface area contributed by atoms with Crippen LogP contribution in [0.25, 0.3) is 12.2 Å². The Morgan fingerprint density at radius 2 is 1.54 bits per heavy atom. The highest BCUT2D eigenvalue weighted by molar-refractivity contribution is 6.02. The molecular formula is C35H28O17. The van der Waals surface area contributed by atoms with Gasteiger partial charge in [-0.15, -0.1) is 0 Å². The fourth-order valence-electron chi connectivity index (χ4n) is 6.16. The summed E-state index contributed by atoms with van der Waals surface area (Å²) in [5, 5.41) is 93.2. The van der Waals surface area contributed by atoms with Gasteiger partial charge in [-0.05, 0) is 65.2 Å². The average Bonchev–Trinajstić information content (AvgIpc) is 3.10. The highest BCUT2D eigenvalue weighted by Gasteiger charge is 2.47. The molecule has 0 fully saturated rings. The quantitative estimate of drug-likeness (QED) is 0.137. The van der Waals surface area contributed by atoms with Gasteiger partial charge in [0.2, 0.25) is 11.5 Å². The van der Waals surface area contributed by atoms with Crippen molar-refractivity contribution in [1.82, 2.24) is 0 Å². The van der Waals surface area contributed by atoms with E-state index in [9.17, 15) is 65.1 Å². The van der Waals surface area contributed by atoms with Gasteiger partial charge in [0.1, 0.15) is 6.10 Å². The number of carbonyl (C=O) groups is 4. The highest BCUT2D eigenvalue weighted by atomic mass is 16.6. The van der Waals surface area contributed by atoms with Crippen molar-refractivity contribution < 1.29 is 84.1 Å². The molecular weight excluding hydrogens is 692 g/mol. The molecule has 0 radical (unpaired) electrons. The van der Waals surface area contributed by atoms with Crippen molar-refractivity contribution in [2.45, 2.75) is 30.3 Å². The second-order valence-electron chi connectivity index (χ2n) is 11.8. The molecule has 3 aromatic carbocycles. The van der Waals surface area contributed by atoms with E-state index in [-0.39, 0.29) is 28.0 Å². The number of esters is 2. The Balaban J connectivity index is 1.60. The van der Waals surface area contributed by atoms with Crippen LogP contribution in [0.15, 0.2) is 65.9 Å². The van der Waals surface area contributed by atoms with E-state index in [4.69, 9.17) is 18.9 Å². The number of ether oxygens (including phenoxy) is 4. The summed E-state index contributed by atoms with van der Waals surface area (Å²) < 4.78 is 22.1. The first kappa shape index (κ1) is 35.1. The molecule has 1 aliphatic carbocycles. The summed E-state index contributed by atoms with van der Waals surface area (Å²) in [6.45, 7) is -1.04. The average molecular weight is 721 g/mol. The molecule has 270 valence electrons. The first-order valence-corrected chi connectivity index (χ1v) is 15.2. The van der Waals surface area contributed by atoms with E-state index in [1.807, 2.05) is 0 Å². The SMILES string of the molecule is O=C1/C=C\c2ccc(O)c(O)c2Oc2ccc(cc2O)[C@@H]2c3cc(O)c(O)cc3C=C(C(=O)O[C@@H]3C=C(C(=O)O)O[C@H](C(O)CO)[C@H]3O1)[C@H]2C(=O)O. The van der Waals surface area contributed by atoms with Crippen LogP contribution in [0.1, 0.15) is 28.2 Å². The number of phenolic OH excluding ortho intramolecular Hbond substituents is 5. The van der Waals surface area contributed by atoms with Crippen LogP contribution in [-0.4, -0.2) is 101 Å². The first-order chi connectivity index (χ1) is 24.7. The van der Waals surface area contributed by atoms with E-state index in [0.29, 0.717) is 0 Å². The van der Waals surface area contributed by atoms with E-state index in [1.165, 1.54) is 18.2 Å². The summed E-state index contributed by atoms with van der Waals surface area (Å²) in [6, 6.07) is 7.97. The Labute approximate surface area is 291 Å². The van der Waals surface area contributed by atoms with Crippen molar-refractivity contribution in [2.75, 3.05) is 6.61 Å². The zero-order chi connectivity index (χ0) is 37.6. The standard InChI is InChI=1S/C35H28O17/c36-12-22(41)31-32-24(11-25(50-31)33(44)45)51-35(48)17-7-15-9-19(38)20(39)10-16(15)27(28(17)34(46)47)14-2-5-23(21(40)8-14)49-30-13(3-6-26(42)52-32)1-4-18(37)29(30)43/h1-11,22,24,27-28,31-32,36-41,43H,12H2,(H,44,45)(H,46,47)/b6-3-/t22?,24-,27-,28-,31-,32+/m1/s1. The zero-order valence-electron chi connectivity index (χ0n) is 26.3. The second-order valence-corrected chi connectivity index (χ2v) is 11.8. The lowest BCUT2D eigenvalue weighted by Crippen LogP contribution is -2.53. The van der Waals surface area contributed by atoms with Crippen LogP contribution in [-0.2, 0) is 33.4 Å². The number of phenols is 5. The molecule has 4 bridgehead atoms. The fourth-order valence-corrected chi connectivity index (χ4v) is 6.16. The minimum Gasteiger partial charge on any atom is -0.504 e. The minimum absolute atomic E-state index is 0.0312. The number of hydrogen-bond acceptors (Lipinski definition) is 15. The molecule has 0 spiro atoms. The van der Waals surface area contributed by atoms with Crippen LogP contribution in [0.2, 0.25) is 0 Å². The molecule has 3 aromatic rings. The molecule has 0 amide bonds. The number of aromatic hydroxyl groups is 5. The minimum atomic E-state index is -1.92. The van der Waals surface area contributed by atoms with Gasteiger partial charge < -0.3 is 64.9 Å². The molecule has 17 nitrogen and oxygen atoms in total. The lowest BCUT2D eigenvalue weighted by atomic mass is 9.71. The van der Waals surface area contributed by atoms with Gasteiger partial charge in [-0.2, -0.15) is 0 Å². The van der Waals surface area contributed by atoms with Crippen molar-refractivity contribution in [1.29, 1.82) is 0 Å². The number of carboxylic acid groups (broad SMARTS) is 2. The molecule has 6 atom stereocenters. The number of carbonyl (C=O) groups excluding carboxylic acids is 2. The Hall–Kier alpha value is -6.72. The predicted octanol–water partition coefficient (Wildman–Crippen LogP) is 1.81. The van der Waals surface area contributed by atoms with E-state index in [0.717, 1.165) is 48.6 Å². The molecule has 7 rings (SSSR count). The Morgan fingerprint density at radius 3 is 2.21 bits per heavy atom. The first-order valence-electron chi connectivity index (χ1n) is 15.2. The zero-order valence-corrected chi connectivity index (χ0v) is 26.3. The van der Waals surface area contributed by atoms with Crippen LogP contribution in [0, 0.1) is 5.92 Å². The summed E-state index contributed by atoms with van der Waals surface area (Å²) >= 11 is 0. The van der Waals surface area contributed by atoms with E-state index < -0.39 is 113 Å². The number of rotatable bonds is 4. The van der Waals surface area contributed by atoms with Gasteiger partial charge in [0.05, 0.1) is 18.1 Å². The number of benzene rings is 3. The van der Waals surface area contributed by atoms with Gasteiger partial charge in [0.25, 0.3) is 0 Å². The number of fused-ring (bicyclic) bond motifs is 6. The number of carboxylic acids is 2. The lowest BCUT2D eigenvalue weighted by Gasteiger charge is -2.37. The Morgan fingerprint density at radius 1 is 0.808 bits per heavy atom. The van der Waals surface area contributed by atoms with Gasteiger partial charge in [-0.3, -0.25) is 4.79 Å². The Kier molecular flexibility index (Phi) is 9.14. The summed E-state index contributed by atoms with van der Waals surface area (Å²) in [5.74, 6) is -14.2. The smallest absolute Gasteiger partial charge is 0.370 e. The third-order valence-corrected chi connectivity index (χ3v) is 8.59. The number of aliphatic hydroxyl groups excluding tert-OH is 2. The molecule has 0 saturated heterocycles. The second kappa shape index (κ2) is 13.5. The van der Waals surface area contributed by atoms with Crippen LogP contribution in [0.3, 0.4) is 0 Å². The van der Waals surface area contributed by atoms with Crippen molar-refractivity contribution in [2.24, 2.45) is 5.92 Å². The molecule has 52 heavy (non-hydrogen) atoms. The molecule has 17 heteroatoms. The summed E-state index contributed by atoms with van der Waals surface area (Å²) in [6.07, 6.45) is -3.89. The molecule has 9 N–H and O–H groups in total. The van der Waals surface area contributed by atoms with E-state index >= 15 is 0 Å². The van der Waals surface area contributed by atoms with Gasteiger partial charge in [-0.25, -0.2) is 14.4 Å². The molecule has 1 unspecified atom stereocenters. The Bertz CT molecular complexity index is 2100. The summed E-state index contributed by atoms with van der Waals surface area (Å²) in [7, 11) is 0. The van der Waals surface area contributed by atoms with E-state index in [2.05, 4.69) is 0 Å². The molecule has 0 aromatic heterocycles. The molecule has 3 aliphatic heterocycles. The van der Waals surface area contributed by atoms with Gasteiger partial charge in [0, 0.05) is 23.6 Å². The topological polar surface area (TPSA) is 287 Å². The van der Waals surface area contributed by atoms with Gasteiger partial charge in [-0.1, -0.05) is 6.07 Å². The van der Waals surface area contributed by atoms with Crippen LogP contribution < -0.4 is 4.74 Å². The lowest BCUT2D eigenvalue weighted by molar-refractivity contribution is -0.185. The van der Waals surface area contributed by atoms with Crippen molar-refractivity contribution in [3.8, 4) is 40.2 Å². The maximum absolute atomic E-state index is 14.0. The third-order valence-electron chi connectivity index (χ3n) is 8.59. The van der Waals surface area contributed by atoms with Crippen LogP contribution in [0.5, 0.6) is 40.2 Å². The number of aliphatic carboxylic acids is 2. The number of hydrogen-bond donors (Lipinski definition) is 9. The summed E-state index contributed by atoms with van der Waals surface area (Å²) in [4.78, 5) is 52.2. The fraction of sp³-hybridized carbons (Fsp3) is 0.200. The maximum Gasteiger partial charge on any atom is 0.370 e. The molecule has 3 heterocycles. The highest BCUT2D eigenvalue weighted by Crippen LogP contribution is 2.49. The molecule has 0 saturated carbocycles. The molecule has 4 aliphatic rings. The van der Waals surface area contributed by atoms with Crippen LogP contribution >= 0.6 is 0 Å². The van der Waals surface area contributed by atoms with Gasteiger partial charge in [0.15, 0.2) is 52.8 Å². The summed E-state index contributed by atoms with van der Waals surface area (Å²) in [5.41, 5.74) is -0.482. The van der Waals surface area contributed by atoms with Gasteiger partial charge >= 0.3 is 23.9 Å². The van der Waals surface area contributed by atoms with Crippen molar-refractivity contribution >= 4 is 36.0 Å². The van der Waals surface area contributed by atoms with Crippen molar-refractivity contribution in [3.05, 3.63) is 88.2 Å². The van der Waals surface area contributed by atoms with E-state index in [1.54, 1.807) is 0 Å².